The lowest BCUT2D eigenvalue weighted by Gasteiger charge is -2.12. The number of nitrogens with zero attached hydrogens (tertiary/aromatic N) is 3. The normalized spacial score (nSPS) is 11.9. The molecule has 8 nitrogen and oxygen atoms in total. The summed E-state index contributed by atoms with van der Waals surface area (Å²) in [6, 6.07) is 2.98. The molecule has 2 rings (SSSR count). The van der Waals surface area contributed by atoms with Crippen molar-refractivity contribution in [1.82, 2.24) is 15.0 Å². The van der Waals surface area contributed by atoms with Gasteiger partial charge in [0.2, 0.25) is 5.88 Å². The van der Waals surface area contributed by atoms with Crippen LogP contribution in [0, 0.1) is 0 Å². The zero-order valence-electron chi connectivity index (χ0n) is 15.3. The van der Waals surface area contributed by atoms with Crippen LogP contribution in [0.4, 0.5) is 13.2 Å². The lowest BCUT2D eigenvalue weighted by Crippen LogP contribution is -2.25. The molecule has 2 heterocycles. The van der Waals surface area contributed by atoms with Gasteiger partial charge in [0.05, 0.1) is 25.4 Å². The molecule has 0 saturated heterocycles. The third-order valence-corrected chi connectivity index (χ3v) is 3.44. The van der Waals surface area contributed by atoms with Crippen molar-refractivity contribution in [2.24, 2.45) is 0 Å². The number of pyridine rings is 1. The summed E-state index contributed by atoms with van der Waals surface area (Å²) in [4.78, 5) is 29.4. The van der Waals surface area contributed by atoms with Gasteiger partial charge in [0.1, 0.15) is 11.3 Å². The Morgan fingerprint density at radius 2 is 1.93 bits per heavy atom. The number of Topliss-reactive ketones (excluding diaryl/α,β-unsaturated/α-hetero) is 1. The minimum atomic E-state index is -5.20. The molecule has 2 aromatic heterocycles. The molecule has 0 aliphatic carbocycles. The largest absolute Gasteiger partial charge is 0.481 e. The fraction of sp³-hybridized carbons (Fsp3) is 0.294. The summed E-state index contributed by atoms with van der Waals surface area (Å²) < 4.78 is 54.0. The van der Waals surface area contributed by atoms with Crippen molar-refractivity contribution in [3.05, 3.63) is 35.9 Å². The molecule has 0 unspecified atom stereocenters. The number of hydrogen-bond acceptors (Lipinski definition) is 8. The lowest BCUT2D eigenvalue weighted by atomic mass is 10.0. The van der Waals surface area contributed by atoms with Gasteiger partial charge >= 0.3 is 12.1 Å². The molecule has 0 saturated carbocycles. The van der Waals surface area contributed by atoms with E-state index in [0.717, 1.165) is 13.3 Å². The number of halogens is 3. The van der Waals surface area contributed by atoms with Crippen molar-refractivity contribution in [2.75, 3.05) is 28.3 Å². The Morgan fingerprint density at radius 3 is 2.46 bits per heavy atom. The highest BCUT2D eigenvalue weighted by Crippen LogP contribution is 2.36. The maximum Gasteiger partial charge on any atom is 0.455 e. The van der Waals surface area contributed by atoms with Crippen LogP contribution in [0.3, 0.4) is 0 Å². The molecular formula is C17H16F3N3O5. The van der Waals surface area contributed by atoms with Gasteiger partial charge in [0.25, 0.3) is 5.78 Å². The van der Waals surface area contributed by atoms with E-state index in [1.165, 1.54) is 44.4 Å². The number of allylic oxidation sites excluding steroid dienone is 1. The first-order valence-corrected chi connectivity index (χ1v) is 7.69. The predicted molar refractivity (Wildman–Crippen MR) is 90.4 cm³/mol. The van der Waals surface area contributed by atoms with Crippen LogP contribution in [0.1, 0.15) is 16.1 Å². The molecular weight excluding hydrogens is 383 g/mol. The Balaban J connectivity index is 2.79. The Kier molecular flexibility index (Phi) is 6.06. The fourth-order valence-electron chi connectivity index (χ4n) is 2.31. The van der Waals surface area contributed by atoms with Gasteiger partial charge in [0, 0.05) is 26.5 Å². The molecule has 0 bridgehead atoms. The summed E-state index contributed by atoms with van der Waals surface area (Å²) in [7, 11) is 5.16. The number of ether oxygens (including phenoxy) is 2. The van der Waals surface area contributed by atoms with Crippen LogP contribution >= 0.6 is 0 Å². The van der Waals surface area contributed by atoms with Crippen LogP contribution in [-0.4, -0.2) is 61.3 Å². The number of alkyl halides is 3. The minimum Gasteiger partial charge on any atom is -0.481 e. The average molecular weight is 399 g/mol. The van der Waals surface area contributed by atoms with E-state index in [-0.39, 0.29) is 17.1 Å². The number of aromatic nitrogens is 2. The van der Waals surface area contributed by atoms with Gasteiger partial charge in [-0.3, -0.25) is 4.79 Å². The monoisotopic (exact) mass is 399 g/mol. The van der Waals surface area contributed by atoms with Crippen molar-refractivity contribution >= 4 is 17.3 Å². The van der Waals surface area contributed by atoms with E-state index in [2.05, 4.69) is 14.9 Å². The molecule has 0 fully saturated rings. The highest BCUT2D eigenvalue weighted by Gasteiger charge is 2.44. The van der Waals surface area contributed by atoms with Crippen molar-refractivity contribution in [3.8, 4) is 17.1 Å². The SMILES string of the molecule is COC(=O)c1c(-c2cccnc2OC)noc1/C(=C/N(C)C)C(=O)C(F)(F)F. The minimum absolute atomic E-state index is 0.0489. The van der Waals surface area contributed by atoms with Gasteiger partial charge < -0.3 is 18.9 Å². The number of methoxy groups -OCH3 is 2. The van der Waals surface area contributed by atoms with E-state index in [4.69, 9.17) is 9.26 Å². The molecule has 2 aromatic rings. The first kappa shape index (κ1) is 20.9. The first-order valence-electron chi connectivity index (χ1n) is 7.69. The number of rotatable bonds is 6. The van der Waals surface area contributed by atoms with Gasteiger partial charge in [-0.1, -0.05) is 5.16 Å². The summed E-state index contributed by atoms with van der Waals surface area (Å²) in [5.41, 5.74) is -1.37. The van der Waals surface area contributed by atoms with Gasteiger partial charge in [0.15, 0.2) is 5.76 Å². The molecule has 0 aliphatic rings. The Hall–Kier alpha value is -3.37. The van der Waals surface area contributed by atoms with E-state index in [0.29, 0.717) is 0 Å². The van der Waals surface area contributed by atoms with Crippen molar-refractivity contribution in [2.45, 2.75) is 6.18 Å². The zero-order chi connectivity index (χ0) is 21.1. The number of ketones is 1. The summed E-state index contributed by atoms with van der Waals surface area (Å²) in [5.74, 6) is -3.87. The predicted octanol–water partition coefficient (Wildman–Crippen LogP) is 2.57. The van der Waals surface area contributed by atoms with Gasteiger partial charge in [-0.2, -0.15) is 13.2 Å². The van der Waals surface area contributed by atoms with Crippen molar-refractivity contribution < 1.29 is 36.8 Å². The highest BCUT2D eigenvalue weighted by molar-refractivity contribution is 6.24. The van der Waals surface area contributed by atoms with E-state index in [1.54, 1.807) is 0 Å². The van der Waals surface area contributed by atoms with Crippen molar-refractivity contribution in [3.63, 3.8) is 0 Å². The lowest BCUT2D eigenvalue weighted by molar-refractivity contribution is -0.164. The molecule has 150 valence electrons. The molecule has 0 amide bonds. The van der Waals surface area contributed by atoms with E-state index >= 15 is 0 Å². The first-order chi connectivity index (χ1) is 13.1. The molecule has 0 aromatic carbocycles. The maximum atomic E-state index is 13.1. The number of carbonyl (C=O) groups is 2. The Bertz CT molecular complexity index is 919. The second kappa shape index (κ2) is 8.11. The third-order valence-electron chi connectivity index (χ3n) is 3.44. The van der Waals surface area contributed by atoms with Crippen molar-refractivity contribution in [1.29, 1.82) is 0 Å². The zero-order valence-corrected chi connectivity index (χ0v) is 15.3. The van der Waals surface area contributed by atoms with Gasteiger partial charge in [-0.25, -0.2) is 9.78 Å². The maximum absolute atomic E-state index is 13.1. The van der Waals surface area contributed by atoms with E-state index in [1.807, 2.05) is 0 Å². The van der Waals surface area contributed by atoms with E-state index in [9.17, 15) is 22.8 Å². The average Bonchev–Trinajstić information content (AvgIpc) is 3.08. The number of hydrogen-bond donors (Lipinski definition) is 0. The number of carbonyl (C=O) groups excluding carboxylic acids is 2. The Labute approximate surface area is 157 Å². The smallest absolute Gasteiger partial charge is 0.455 e. The summed E-state index contributed by atoms with van der Waals surface area (Å²) in [6.07, 6.45) is -2.91. The van der Waals surface area contributed by atoms with Crippen LogP contribution in [0.5, 0.6) is 5.88 Å². The van der Waals surface area contributed by atoms with E-state index < -0.39 is 34.8 Å². The molecule has 0 atom stereocenters. The quantitative estimate of drug-likeness (QED) is 0.540. The highest BCUT2D eigenvalue weighted by atomic mass is 19.4. The molecule has 0 N–H and O–H groups in total. The molecule has 28 heavy (non-hydrogen) atoms. The second-order valence-electron chi connectivity index (χ2n) is 5.62. The summed E-state index contributed by atoms with van der Waals surface area (Å²) in [6.45, 7) is 0. The number of esters is 1. The molecule has 0 aliphatic heterocycles. The third kappa shape index (κ3) is 4.13. The topological polar surface area (TPSA) is 94.8 Å². The van der Waals surface area contributed by atoms with Crippen LogP contribution in [-0.2, 0) is 9.53 Å². The summed E-state index contributed by atoms with van der Waals surface area (Å²) in [5, 5.41) is 3.68. The van der Waals surface area contributed by atoms with Crippen LogP contribution in [0.2, 0.25) is 0 Å². The fourth-order valence-corrected chi connectivity index (χ4v) is 2.31. The van der Waals surface area contributed by atoms with Gasteiger partial charge in [-0.05, 0) is 12.1 Å². The van der Waals surface area contributed by atoms with Gasteiger partial charge in [-0.15, -0.1) is 0 Å². The second-order valence-corrected chi connectivity index (χ2v) is 5.62. The van der Waals surface area contributed by atoms with Crippen LogP contribution in [0.25, 0.3) is 16.8 Å². The molecule has 11 heteroatoms. The standard InChI is InChI=1S/C17H16F3N3O5/c1-23(2)8-10(14(24)17(18,19)20)13-11(16(25)27-4)12(22-28-13)9-6-5-7-21-15(9)26-3/h5-8H,1-4H3/b10-8-. The molecule has 0 spiro atoms. The summed E-state index contributed by atoms with van der Waals surface area (Å²) >= 11 is 0. The van der Waals surface area contributed by atoms with Crippen LogP contribution < -0.4 is 4.74 Å². The van der Waals surface area contributed by atoms with Crippen LogP contribution in [0.15, 0.2) is 29.1 Å². The Morgan fingerprint density at radius 1 is 1.25 bits per heavy atom. The molecule has 0 radical (unpaired) electrons.